The number of piperazine rings is 1. The van der Waals surface area contributed by atoms with Gasteiger partial charge in [0, 0.05) is 38.4 Å². The first kappa shape index (κ1) is 26.6. The van der Waals surface area contributed by atoms with E-state index >= 15 is 0 Å². The number of anilines is 1. The smallest absolute Gasteiger partial charge is 0.189 e. The molecule has 3 aromatic carbocycles. The molecule has 0 unspecified atom stereocenters. The fourth-order valence-electron chi connectivity index (χ4n) is 4.66. The highest BCUT2D eigenvalue weighted by Crippen LogP contribution is 2.29. The fourth-order valence-corrected chi connectivity index (χ4v) is 4.66. The lowest BCUT2D eigenvalue weighted by atomic mass is 9.97. The monoisotopic (exact) mass is 497 g/mol. The summed E-state index contributed by atoms with van der Waals surface area (Å²) in [5.74, 6) is 0.562. The zero-order chi connectivity index (χ0) is 26.4. The normalized spacial score (nSPS) is 14.5. The Balaban J connectivity index is 1.59. The third-order valence-corrected chi connectivity index (χ3v) is 6.76. The van der Waals surface area contributed by atoms with Crippen LogP contribution in [0.25, 0.3) is 17.2 Å². The Labute approximate surface area is 222 Å². The number of hydrogen-bond acceptors (Lipinski definition) is 5. The molecule has 4 rings (SSSR count). The van der Waals surface area contributed by atoms with Gasteiger partial charge in [-0.3, -0.25) is 4.79 Å². The van der Waals surface area contributed by atoms with Gasteiger partial charge in [0.2, 0.25) is 0 Å². The number of allylic oxidation sites excluding steroid dienone is 1. The fraction of sp³-hybridized carbons (Fsp3) is 0.344. The summed E-state index contributed by atoms with van der Waals surface area (Å²) >= 11 is 0. The zero-order valence-corrected chi connectivity index (χ0v) is 22.8. The van der Waals surface area contributed by atoms with Crippen LogP contribution in [0.15, 0.2) is 66.7 Å². The van der Waals surface area contributed by atoms with Crippen molar-refractivity contribution in [2.75, 3.05) is 65.4 Å². The predicted molar refractivity (Wildman–Crippen MR) is 155 cm³/mol. The van der Waals surface area contributed by atoms with Gasteiger partial charge in [0.25, 0.3) is 0 Å². The molecule has 1 aliphatic rings. The maximum absolute atomic E-state index is 13.5. The Hall–Kier alpha value is -3.41. The second-order valence-electron chi connectivity index (χ2n) is 10.3. The molecular formula is C32H39N3O2. The van der Waals surface area contributed by atoms with Crippen LogP contribution in [0.4, 0.5) is 5.69 Å². The first-order valence-electron chi connectivity index (χ1n) is 13.0. The number of nitrogens with zero attached hydrogens (tertiary/aromatic N) is 3. The summed E-state index contributed by atoms with van der Waals surface area (Å²) in [5, 5.41) is 0. The lowest BCUT2D eigenvalue weighted by molar-refractivity contribution is 0.104. The molecule has 0 aromatic heterocycles. The van der Waals surface area contributed by atoms with Gasteiger partial charge in [-0.25, -0.2) is 0 Å². The Morgan fingerprint density at radius 3 is 2.35 bits per heavy atom. The summed E-state index contributed by atoms with van der Waals surface area (Å²) < 4.78 is 6.06. The highest BCUT2D eigenvalue weighted by molar-refractivity contribution is 6.09. The number of benzene rings is 3. The minimum Gasteiger partial charge on any atom is -0.491 e. The van der Waals surface area contributed by atoms with Crippen LogP contribution in [0.1, 0.15) is 27.0 Å². The Bertz CT molecular complexity index is 1240. The second-order valence-corrected chi connectivity index (χ2v) is 10.3. The Morgan fingerprint density at radius 2 is 1.65 bits per heavy atom. The molecule has 0 saturated carbocycles. The summed E-state index contributed by atoms with van der Waals surface area (Å²) in [5.41, 5.74) is 7.33. The zero-order valence-electron chi connectivity index (χ0n) is 22.8. The number of carbonyl (C=O) groups is 1. The van der Waals surface area contributed by atoms with Gasteiger partial charge < -0.3 is 19.4 Å². The number of aryl methyl sites for hydroxylation is 2. The van der Waals surface area contributed by atoms with Gasteiger partial charge in [0.05, 0.1) is 5.56 Å². The van der Waals surface area contributed by atoms with E-state index in [9.17, 15) is 4.79 Å². The van der Waals surface area contributed by atoms with Gasteiger partial charge >= 0.3 is 0 Å². The maximum atomic E-state index is 13.5. The van der Waals surface area contributed by atoms with E-state index in [4.69, 9.17) is 4.74 Å². The lowest BCUT2D eigenvalue weighted by Crippen LogP contribution is -2.44. The van der Waals surface area contributed by atoms with Crippen molar-refractivity contribution in [1.82, 2.24) is 9.80 Å². The first-order chi connectivity index (χ1) is 17.8. The number of ketones is 1. The molecular weight excluding hydrogens is 458 g/mol. The molecule has 1 fully saturated rings. The molecule has 0 spiro atoms. The SMILES string of the molecule is Cc1cc(C)cc(-c2ccc(OCCN(C)C)c(C(=O)/C=C/c3cccc(N4CCN(C)CC4)c3)c2)c1. The van der Waals surface area contributed by atoms with Crippen molar-refractivity contribution in [3.05, 3.63) is 89.0 Å². The van der Waals surface area contributed by atoms with E-state index in [1.165, 1.54) is 16.8 Å². The minimum atomic E-state index is -0.0592. The average molecular weight is 498 g/mol. The summed E-state index contributed by atoms with van der Waals surface area (Å²) in [7, 11) is 6.19. The molecule has 0 bridgehead atoms. The molecule has 5 heteroatoms. The molecule has 194 valence electrons. The summed E-state index contributed by atoms with van der Waals surface area (Å²) in [6, 6.07) is 20.8. The minimum absolute atomic E-state index is 0.0592. The molecule has 1 heterocycles. The largest absolute Gasteiger partial charge is 0.491 e. The van der Waals surface area contributed by atoms with E-state index in [-0.39, 0.29) is 5.78 Å². The van der Waals surface area contributed by atoms with E-state index in [1.807, 2.05) is 44.4 Å². The van der Waals surface area contributed by atoms with Gasteiger partial charge in [0.1, 0.15) is 12.4 Å². The maximum Gasteiger partial charge on any atom is 0.189 e. The predicted octanol–water partition coefficient (Wildman–Crippen LogP) is 5.56. The van der Waals surface area contributed by atoms with Crippen LogP contribution in [-0.4, -0.2) is 76.1 Å². The summed E-state index contributed by atoms with van der Waals surface area (Å²) in [6.07, 6.45) is 3.58. The van der Waals surface area contributed by atoms with E-state index in [1.54, 1.807) is 6.08 Å². The van der Waals surface area contributed by atoms with Crippen LogP contribution in [0, 0.1) is 13.8 Å². The van der Waals surface area contributed by atoms with E-state index in [2.05, 4.69) is 72.0 Å². The van der Waals surface area contributed by atoms with Gasteiger partial charge in [-0.2, -0.15) is 0 Å². The summed E-state index contributed by atoms with van der Waals surface area (Å²) in [6.45, 7) is 9.65. The van der Waals surface area contributed by atoms with Crippen molar-refractivity contribution >= 4 is 17.5 Å². The molecule has 0 N–H and O–H groups in total. The van der Waals surface area contributed by atoms with Crippen molar-refractivity contribution in [2.24, 2.45) is 0 Å². The van der Waals surface area contributed by atoms with Crippen molar-refractivity contribution in [3.8, 4) is 16.9 Å². The highest BCUT2D eigenvalue weighted by atomic mass is 16.5. The molecule has 0 radical (unpaired) electrons. The molecule has 1 aliphatic heterocycles. The van der Waals surface area contributed by atoms with Crippen LogP contribution in [0.5, 0.6) is 5.75 Å². The molecule has 0 atom stereocenters. The Morgan fingerprint density at radius 1 is 0.919 bits per heavy atom. The van der Waals surface area contributed by atoms with E-state index in [0.717, 1.165) is 49.4 Å². The topological polar surface area (TPSA) is 36.0 Å². The number of carbonyl (C=O) groups excluding carboxylic acids is 1. The lowest BCUT2D eigenvalue weighted by Gasteiger charge is -2.34. The van der Waals surface area contributed by atoms with Crippen LogP contribution < -0.4 is 9.64 Å². The van der Waals surface area contributed by atoms with Crippen molar-refractivity contribution in [1.29, 1.82) is 0 Å². The van der Waals surface area contributed by atoms with E-state index in [0.29, 0.717) is 17.9 Å². The summed E-state index contributed by atoms with van der Waals surface area (Å²) in [4.78, 5) is 20.3. The molecule has 0 amide bonds. The number of rotatable bonds is 9. The molecule has 1 saturated heterocycles. The van der Waals surface area contributed by atoms with Gasteiger partial charge in [-0.15, -0.1) is 0 Å². The number of hydrogen-bond donors (Lipinski definition) is 0. The van der Waals surface area contributed by atoms with Crippen LogP contribution in [0.3, 0.4) is 0 Å². The van der Waals surface area contributed by atoms with Crippen molar-refractivity contribution in [3.63, 3.8) is 0 Å². The van der Waals surface area contributed by atoms with Gasteiger partial charge in [0.15, 0.2) is 5.78 Å². The average Bonchev–Trinajstić information content (AvgIpc) is 2.87. The molecule has 5 nitrogen and oxygen atoms in total. The number of likely N-dealkylation sites (N-methyl/N-ethyl adjacent to an activating group) is 2. The van der Waals surface area contributed by atoms with Crippen LogP contribution >= 0.6 is 0 Å². The molecule has 0 aliphatic carbocycles. The standard InChI is InChI=1S/C32H39N3O2/c1-24-19-25(2)21-28(20-24)27-10-12-32(37-18-17-33(3)4)30(23-27)31(36)11-9-26-7-6-8-29(22-26)35-15-13-34(5)14-16-35/h6-12,19-23H,13-18H2,1-5H3/b11-9+. The van der Waals surface area contributed by atoms with Crippen LogP contribution in [0.2, 0.25) is 0 Å². The second kappa shape index (κ2) is 12.2. The Kier molecular flexibility index (Phi) is 8.80. The van der Waals surface area contributed by atoms with Crippen molar-refractivity contribution in [2.45, 2.75) is 13.8 Å². The third kappa shape index (κ3) is 7.31. The van der Waals surface area contributed by atoms with Gasteiger partial charge in [-0.05, 0) is 82.0 Å². The number of ether oxygens (including phenoxy) is 1. The van der Waals surface area contributed by atoms with Crippen molar-refractivity contribution < 1.29 is 9.53 Å². The molecule has 3 aromatic rings. The highest BCUT2D eigenvalue weighted by Gasteiger charge is 2.15. The third-order valence-electron chi connectivity index (χ3n) is 6.76. The first-order valence-corrected chi connectivity index (χ1v) is 13.0. The molecule has 37 heavy (non-hydrogen) atoms. The quantitative estimate of drug-likeness (QED) is 0.286. The van der Waals surface area contributed by atoms with Crippen LogP contribution in [-0.2, 0) is 0 Å². The van der Waals surface area contributed by atoms with E-state index < -0.39 is 0 Å². The van der Waals surface area contributed by atoms with Gasteiger partial charge in [-0.1, -0.05) is 53.6 Å².